The molecule has 7 heteroatoms. The van der Waals surface area contributed by atoms with Gasteiger partial charge in [0.2, 0.25) is 5.95 Å². The Labute approximate surface area is 161 Å². The molecule has 0 fully saturated rings. The van der Waals surface area contributed by atoms with Crippen molar-refractivity contribution in [2.45, 2.75) is 25.7 Å². The van der Waals surface area contributed by atoms with Crippen molar-refractivity contribution < 1.29 is 4.74 Å². The molecule has 0 saturated carbocycles. The molecule has 1 N–H and O–H groups in total. The number of benzene rings is 1. The number of nitrogens with one attached hydrogen (secondary N) is 1. The molecule has 0 atom stereocenters. The van der Waals surface area contributed by atoms with Crippen molar-refractivity contribution in [2.24, 2.45) is 0 Å². The molecule has 27 heavy (non-hydrogen) atoms. The maximum Gasteiger partial charge on any atom is 0.227 e. The molecule has 0 spiro atoms. The molecule has 6 nitrogen and oxygen atoms in total. The average Bonchev–Trinajstić information content (AvgIpc) is 3.39. The lowest BCUT2D eigenvalue weighted by molar-refractivity contribution is 0.197. The van der Waals surface area contributed by atoms with Gasteiger partial charge in [-0.3, -0.25) is 0 Å². The number of anilines is 1. The van der Waals surface area contributed by atoms with Crippen LogP contribution in [0.15, 0.2) is 30.3 Å². The van der Waals surface area contributed by atoms with E-state index in [2.05, 4.69) is 5.32 Å². The third-order valence-corrected chi connectivity index (χ3v) is 6.17. The van der Waals surface area contributed by atoms with Crippen LogP contribution in [-0.2, 0) is 17.6 Å². The zero-order chi connectivity index (χ0) is 18.2. The van der Waals surface area contributed by atoms with Crippen molar-refractivity contribution in [3.63, 3.8) is 0 Å². The van der Waals surface area contributed by atoms with Crippen LogP contribution in [0.25, 0.3) is 27.3 Å². The summed E-state index contributed by atoms with van der Waals surface area (Å²) in [5, 5.41) is 9.40. The minimum absolute atomic E-state index is 0.721. The lowest BCUT2D eigenvalue weighted by Gasteiger charge is -2.07. The van der Waals surface area contributed by atoms with Crippen LogP contribution in [0.1, 0.15) is 23.3 Å². The number of ether oxygens (including phenoxy) is 1. The zero-order valence-electron chi connectivity index (χ0n) is 15.2. The smallest absolute Gasteiger partial charge is 0.227 e. The van der Waals surface area contributed by atoms with Gasteiger partial charge in [-0.15, -0.1) is 16.4 Å². The highest BCUT2D eigenvalue weighted by Gasteiger charge is 2.24. The molecule has 1 aromatic carbocycles. The van der Waals surface area contributed by atoms with E-state index in [0.717, 1.165) is 60.2 Å². The molecule has 0 amide bonds. The average molecular weight is 379 g/mol. The Morgan fingerprint density at radius 3 is 2.93 bits per heavy atom. The summed E-state index contributed by atoms with van der Waals surface area (Å²) in [6, 6.07) is 10.1. The second-order valence-electron chi connectivity index (χ2n) is 6.78. The van der Waals surface area contributed by atoms with Crippen LogP contribution >= 0.6 is 11.3 Å². The molecule has 0 bridgehead atoms. The standard InChI is InChI=1S/C20H21N5OS/c1-26-12-6-11-21-20-23-19-16(14-9-5-10-15(14)27-19)18-22-17(24-25(18)20)13-7-3-2-4-8-13/h2-4,7-8H,5-6,9-12H2,1H3,(H,21,23). The first-order chi connectivity index (χ1) is 13.3. The lowest BCUT2D eigenvalue weighted by Crippen LogP contribution is -2.10. The number of nitrogens with zero attached hydrogens (tertiary/aromatic N) is 4. The van der Waals surface area contributed by atoms with Crippen molar-refractivity contribution >= 4 is 33.1 Å². The number of aryl methyl sites for hydroxylation is 2. The third-order valence-electron chi connectivity index (χ3n) is 4.98. The van der Waals surface area contributed by atoms with E-state index in [1.165, 1.54) is 22.2 Å². The van der Waals surface area contributed by atoms with Gasteiger partial charge in [-0.25, -0.2) is 9.97 Å². The van der Waals surface area contributed by atoms with Crippen LogP contribution < -0.4 is 5.32 Å². The van der Waals surface area contributed by atoms with Crippen molar-refractivity contribution in [1.29, 1.82) is 0 Å². The molecule has 3 aromatic heterocycles. The van der Waals surface area contributed by atoms with Crippen LogP contribution in [0, 0.1) is 0 Å². The number of hydrogen-bond acceptors (Lipinski definition) is 6. The van der Waals surface area contributed by atoms with Crippen LogP contribution in [0.5, 0.6) is 0 Å². The molecule has 1 aliphatic rings. The summed E-state index contributed by atoms with van der Waals surface area (Å²) < 4.78 is 7.03. The molecule has 4 aromatic rings. The van der Waals surface area contributed by atoms with E-state index in [1.807, 2.05) is 46.2 Å². The molecular weight excluding hydrogens is 358 g/mol. The molecule has 3 heterocycles. The highest BCUT2D eigenvalue weighted by Crippen LogP contribution is 2.39. The van der Waals surface area contributed by atoms with Gasteiger partial charge in [-0.1, -0.05) is 30.3 Å². The Hall–Kier alpha value is -2.51. The Balaban J connectivity index is 1.67. The first-order valence-electron chi connectivity index (χ1n) is 9.34. The van der Waals surface area contributed by atoms with Gasteiger partial charge in [0.15, 0.2) is 11.5 Å². The van der Waals surface area contributed by atoms with Gasteiger partial charge in [0.25, 0.3) is 0 Å². The predicted octanol–water partition coefficient (Wildman–Crippen LogP) is 3.94. The summed E-state index contributed by atoms with van der Waals surface area (Å²) in [7, 11) is 1.72. The second kappa shape index (κ2) is 6.90. The minimum Gasteiger partial charge on any atom is -0.385 e. The summed E-state index contributed by atoms with van der Waals surface area (Å²) >= 11 is 1.81. The normalized spacial score (nSPS) is 13.5. The fraction of sp³-hybridized carbons (Fsp3) is 0.350. The summed E-state index contributed by atoms with van der Waals surface area (Å²) in [5.74, 6) is 1.49. The van der Waals surface area contributed by atoms with Gasteiger partial charge >= 0.3 is 0 Å². The minimum atomic E-state index is 0.721. The monoisotopic (exact) mass is 379 g/mol. The van der Waals surface area contributed by atoms with Gasteiger partial charge in [0.1, 0.15) is 4.83 Å². The summed E-state index contributed by atoms with van der Waals surface area (Å²) in [6.45, 7) is 1.51. The first kappa shape index (κ1) is 16.6. The SMILES string of the molecule is COCCCNc1nc2sc3c(c2c2nc(-c4ccccc4)nn12)CCC3. The molecule has 5 rings (SSSR count). The van der Waals surface area contributed by atoms with Gasteiger partial charge in [-0.05, 0) is 31.2 Å². The number of aromatic nitrogens is 4. The zero-order valence-corrected chi connectivity index (χ0v) is 16.1. The number of rotatable bonds is 6. The van der Waals surface area contributed by atoms with E-state index in [4.69, 9.17) is 19.8 Å². The molecule has 1 aliphatic carbocycles. The Morgan fingerprint density at radius 2 is 2.07 bits per heavy atom. The van der Waals surface area contributed by atoms with E-state index < -0.39 is 0 Å². The Bertz CT molecular complexity index is 1100. The van der Waals surface area contributed by atoms with E-state index in [1.54, 1.807) is 7.11 Å². The molecule has 0 unspecified atom stereocenters. The van der Waals surface area contributed by atoms with E-state index >= 15 is 0 Å². The summed E-state index contributed by atoms with van der Waals surface area (Å²) in [4.78, 5) is 12.3. The lowest BCUT2D eigenvalue weighted by atomic mass is 10.2. The highest BCUT2D eigenvalue weighted by atomic mass is 32.1. The van der Waals surface area contributed by atoms with Crippen molar-refractivity contribution in [2.75, 3.05) is 25.6 Å². The fourth-order valence-corrected chi connectivity index (χ4v) is 4.96. The molecule has 0 saturated heterocycles. The molecule has 0 radical (unpaired) electrons. The number of methoxy groups -OCH3 is 1. The van der Waals surface area contributed by atoms with Crippen LogP contribution in [-0.4, -0.2) is 39.8 Å². The Morgan fingerprint density at radius 1 is 1.19 bits per heavy atom. The van der Waals surface area contributed by atoms with Gasteiger partial charge in [-0.2, -0.15) is 4.52 Å². The fourth-order valence-electron chi connectivity index (χ4n) is 3.70. The number of hydrogen-bond donors (Lipinski definition) is 1. The van der Waals surface area contributed by atoms with Gasteiger partial charge in [0, 0.05) is 30.7 Å². The van der Waals surface area contributed by atoms with Crippen molar-refractivity contribution in [3.05, 3.63) is 40.8 Å². The largest absolute Gasteiger partial charge is 0.385 e. The van der Waals surface area contributed by atoms with Crippen LogP contribution in [0.2, 0.25) is 0 Å². The number of fused-ring (bicyclic) bond motifs is 5. The van der Waals surface area contributed by atoms with E-state index in [-0.39, 0.29) is 0 Å². The second-order valence-corrected chi connectivity index (χ2v) is 7.87. The van der Waals surface area contributed by atoms with E-state index in [9.17, 15) is 0 Å². The molecular formula is C20H21N5OS. The maximum atomic E-state index is 5.15. The Kier molecular flexibility index (Phi) is 4.26. The number of thiophene rings is 1. The summed E-state index contributed by atoms with van der Waals surface area (Å²) in [6.07, 6.45) is 4.40. The van der Waals surface area contributed by atoms with Crippen molar-refractivity contribution in [3.8, 4) is 11.4 Å². The molecule has 138 valence electrons. The quantitative estimate of drug-likeness (QED) is 0.514. The van der Waals surface area contributed by atoms with Gasteiger partial charge < -0.3 is 10.1 Å². The predicted molar refractivity (Wildman–Crippen MR) is 109 cm³/mol. The first-order valence-corrected chi connectivity index (χ1v) is 10.2. The van der Waals surface area contributed by atoms with Crippen LogP contribution in [0.4, 0.5) is 5.95 Å². The summed E-state index contributed by atoms with van der Waals surface area (Å²) in [5.41, 5.74) is 3.35. The topological polar surface area (TPSA) is 64.3 Å². The van der Waals surface area contributed by atoms with Crippen LogP contribution in [0.3, 0.4) is 0 Å². The maximum absolute atomic E-state index is 5.15. The molecule has 0 aliphatic heterocycles. The van der Waals surface area contributed by atoms with Crippen molar-refractivity contribution in [1.82, 2.24) is 19.6 Å². The van der Waals surface area contributed by atoms with Gasteiger partial charge in [0.05, 0.1) is 5.39 Å². The third kappa shape index (κ3) is 2.87. The van der Waals surface area contributed by atoms with E-state index in [0.29, 0.717) is 0 Å². The highest BCUT2D eigenvalue weighted by molar-refractivity contribution is 7.19.